The van der Waals surface area contributed by atoms with Crippen molar-refractivity contribution < 1.29 is 14.3 Å². The molecule has 0 saturated heterocycles. The molecule has 2 amide bonds. The zero-order valence-corrected chi connectivity index (χ0v) is 18.8. The molecular formula is C25H34N2O3. The minimum Gasteiger partial charge on any atom is -0.497 e. The van der Waals surface area contributed by atoms with Crippen LogP contribution < -0.4 is 10.1 Å². The Bertz CT molecular complexity index is 831. The third-order valence-electron chi connectivity index (χ3n) is 5.02. The van der Waals surface area contributed by atoms with Gasteiger partial charge in [0.1, 0.15) is 11.8 Å². The Morgan fingerprint density at radius 1 is 1.07 bits per heavy atom. The molecule has 2 rings (SSSR count). The predicted octanol–water partition coefficient (Wildman–Crippen LogP) is 4.13. The maximum Gasteiger partial charge on any atom is 0.242 e. The Balaban J connectivity index is 2.25. The molecule has 0 aromatic heterocycles. The largest absolute Gasteiger partial charge is 0.497 e. The van der Waals surface area contributed by atoms with E-state index in [1.54, 1.807) is 12.0 Å². The number of carbonyl (C=O) groups is 2. The van der Waals surface area contributed by atoms with Gasteiger partial charge in [-0.2, -0.15) is 0 Å². The third kappa shape index (κ3) is 6.90. The molecule has 0 aliphatic carbocycles. The first kappa shape index (κ1) is 23.5. The van der Waals surface area contributed by atoms with Gasteiger partial charge in [0.05, 0.1) is 13.5 Å². The van der Waals surface area contributed by atoms with Crippen molar-refractivity contribution in [3.8, 4) is 5.75 Å². The molecule has 2 aromatic carbocycles. The number of carbonyl (C=O) groups excluding carboxylic acids is 2. The zero-order valence-electron chi connectivity index (χ0n) is 18.8. The van der Waals surface area contributed by atoms with Crippen molar-refractivity contribution in [1.82, 2.24) is 10.2 Å². The maximum atomic E-state index is 13.3. The molecule has 0 heterocycles. The standard InChI is InChI=1S/C25H34N2O3/c1-6-23(25(29)26-16-18(2)3)27(17-21-9-7-8-19(4)14-21)24(28)15-20-10-12-22(30-5)13-11-20/h7-14,18,23H,6,15-17H2,1-5H3,(H,26,29). The summed E-state index contributed by atoms with van der Waals surface area (Å²) < 4.78 is 5.20. The molecule has 30 heavy (non-hydrogen) atoms. The summed E-state index contributed by atoms with van der Waals surface area (Å²) in [5, 5.41) is 3.00. The van der Waals surface area contributed by atoms with Gasteiger partial charge >= 0.3 is 0 Å². The fraction of sp³-hybridized carbons (Fsp3) is 0.440. The van der Waals surface area contributed by atoms with Crippen molar-refractivity contribution in [3.05, 3.63) is 65.2 Å². The van der Waals surface area contributed by atoms with Gasteiger partial charge in [-0.25, -0.2) is 0 Å². The highest BCUT2D eigenvalue weighted by Gasteiger charge is 2.28. The summed E-state index contributed by atoms with van der Waals surface area (Å²) in [6.07, 6.45) is 0.799. The van der Waals surface area contributed by atoms with Gasteiger partial charge in [-0.05, 0) is 42.5 Å². The number of ether oxygens (including phenoxy) is 1. The quantitative estimate of drug-likeness (QED) is 0.641. The summed E-state index contributed by atoms with van der Waals surface area (Å²) >= 11 is 0. The Morgan fingerprint density at radius 3 is 2.33 bits per heavy atom. The number of hydrogen-bond donors (Lipinski definition) is 1. The molecule has 5 nitrogen and oxygen atoms in total. The minimum atomic E-state index is -0.505. The van der Waals surface area contributed by atoms with E-state index in [1.807, 2.05) is 56.3 Å². The Labute approximate surface area is 180 Å². The average molecular weight is 411 g/mol. The molecule has 0 spiro atoms. The first-order chi connectivity index (χ1) is 14.3. The fourth-order valence-electron chi connectivity index (χ4n) is 3.37. The predicted molar refractivity (Wildman–Crippen MR) is 120 cm³/mol. The van der Waals surface area contributed by atoms with Crippen molar-refractivity contribution in [2.24, 2.45) is 5.92 Å². The third-order valence-corrected chi connectivity index (χ3v) is 5.02. The molecular weight excluding hydrogens is 376 g/mol. The SMILES string of the molecule is CCC(C(=O)NCC(C)C)N(Cc1cccc(C)c1)C(=O)Cc1ccc(OC)cc1. The molecule has 1 N–H and O–H groups in total. The summed E-state index contributed by atoms with van der Waals surface area (Å²) in [6, 6.07) is 15.0. The number of aryl methyl sites for hydroxylation is 1. The van der Waals surface area contributed by atoms with Crippen molar-refractivity contribution in [3.63, 3.8) is 0 Å². The van der Waals surface area contributed by atoms with Crippen LogP contribution in [0.2, 0.25) is 0 Å². The van der Waals surface area contributed by atoms with Crippen LogP contribution in [0.15, 0.2) is 48.5 Å². The summed E-state index contributed by atoms with van der Waals surface area (Å²) in [4.78, 5) is 27.9. The van der Waals surface area contributed by atoms with Crippen molar-refractivity contribution in [2.45, 2.75) is 53.1 Å². The Kier molecular flexibility index (Phi) is 8.90. The van der Waals surface area contributed by atoms with Gasteiger partial charge in [0, 0.05) is 13.1 Å². The first-order valence-electron chi connectivity index (χ1n) is 10.6. The van der Waals surface area contributed by atoms with E-state index in [9.17, 15) is 9.59 Å². The number of amides is 2. The highest BCUT2D eigenvalue weighted by Crippen LogP contribution is 2.17. The molecule has 162 valence electrons. The molecule has 1 unspecified atom stereocenters. The number of nitrogens with zero attached hydrogens (tertiary/aromatic N) is 1. The van der Waals surface area contributed by atoms with Crippen LogP contribution in [0.4, 0.5) is 0 Å². The molecule has 0 bridgehead atoms. The lowest BCUT2D eigenvalue weighted by atomic mass is 10.1. The number of hydrogen-bond acceptors (Lipinski definition) is 3. The summed E-state index contributed by atoms with van der Waals surface area (Å²) in [5.74, 6) is 0.948. The molecule has 2 aromatic rings. The van der Waals surface area contributed by atoms with Crippen molar-refractivity contribution in [1.29, 1.82) is 0 Å². The number of methoxy groups -OCH3 is 1. The zero-order chi connectivity index (χ0) is 22.1. The van der Waals surface area contributed by atoms with Crippen molar-refractivity contribution >= 4 is 11.8 Å². The van der Waals surface area contributed by atoms with Crippen molar-refractivity contribution in [2.75, 3.05) is 13.7 Å². The van der Waals surface area contributed by atoms with Crippen LogP contribution in [-0.4, -0.2) is 36.4 Å². The average Bonchev–Trinajstić information content (AvgIpc) is 2.72. The van der Waals surface area contributed by atoms with Crippen LogP contribution in [0.25, 0.3) is 0 Å². The summed E-state index contributed by atoms with van der Waals surface area (Å²) in [5.41, 5.74) is 3.05. The number of nitrogens with one attached hydrogen (secondary N) is 1. The molecule has 5 heteroatoms. The van der Waals surface area contributed by atoms with Gasteiger partial charge in [0.2, 0.25) is 11.8 Å². The second kappa shape index (κ2) is 11.4. The van der Waals surface area contributed by atoms with E-state index in [1.165, 1.54) is 0 Å². The van der Waals surface area contributed by atoms with Gasteiger partial charge in [-0.3, -0.25) is 9.59 Å². The Morgan fingerprint density at radius 2 is 1.77 bits per heavy atom. The Hall–Kier alpha value is -2.82. The molecule has 0 radical (unpaired) electrons. The van der Waals surface area contributed by atoms with E-state index >= 15 is 0 Å². The second-order valence-corrected chi connectivity index (χ2v) is 8.10. The summed E-state index contributed by atoms with van der Waals surface area (Å²) in [7, 11) is 1.62. The van der Waals surface area contributed by atoms with Crippen LogP contribution in [0.5, 0.6) is 5.75 Å². The van der Waals surface area contributed by atoms with Gasteiger partial charge < -0.3 is 15.0 Å². The van der Waals surface area contributed by atoms with Crippen LogP contribution in [0.3, 0.4) is 0 Å². The fourth-order valence-corrected chi connectivity index (χ4v) is 3.37. The second-order valence-electron chi connectivity index (χ2n) is 8.10. The molecule has 0 aliphatic rings. The first-order valence-corrected chi connectivity index (χ1v) is 10.6. The van der Waals surface area contributed by atoms with Gasteiger partial charge in [-0.15, -0.1) is 0 Å². The molecule has 0 aliphatic heterocycles. The lowest BCUT2D eigenvalue weighted by Crippen LogP contribution is -2.50. The van der Waals surface area contributed by atoms with E-state index in [4.69, 9.17) is 4.74 Å². The topological polar surface area (TPSA) is 58.6 Å². The van der Waals surface area contributed by atoms with Gasteiger partial charge in [0.25, 0.3) is 0 Å². The number of benzene rings is 2. The lowest BCUT2D eigenvalue weighted by Gasteiger charge is -2.31. The van der Waals surface area contributed by atoms with E-state index in [0.717, 1.165) is 22.4 Å². The monoisotopic (exact) mass is 410 g/mol. The van der Waals surface area contributed by atoms with Crippen LogP contribution in [-0.2, 0) is 22.6 Å². The maximum absolute atomic E-state index is 13.3. The molecule has 0 fully saturated rings. The van der Waals surface area contributed by atoms with Crippen LogP contribution in [0.1, 0.15) is 43.9 Å². The molecule has 0 saturated carbocycles. The number of rotatable bonds is 10. The van der Waals surface area contributed by atoms with E-state index in [2.05, 4.69) is 25.2 Å². The van der Waals surface area contributed by atoms with E-state index in [0.29, 0.717) is 25.4 Å². The highest BCUT2D eigenvalue weighted by atomic mass is 16.5. The lowest BCUT2D eigenvalue weighted by molar-refractivity contribution is -0.141. The van der Waals surface area contributed by atoms with Gasteiger partial charge in [-0.1, -0.05) is 62.7 Å². The van der Waals surface area contributed by atoms with Gasteiger partial charge in [0.15, 0.2) is 0 Å². The molecule has 1 atom stereocenters. The van der Waals surface area contributed by atoms with Crippen LogP contribution >= 0.6 is 0 Å². The van der Waals surface area contributed by atoms with E-state index in [-0.39, 0.29) is 18.2 Å². The van der Waals surface area contributed by atoms with Crippen LogP contribution in [0, 0.1) is 12.8 Å². The normalized spacial score (nSPS) is 11.8. The highest BCUT2D eigenvalue weighted by molar-refractivity contribution is 5.88. The summed E-state index contributed by atoms with van der Waals surface area (Å²) in [6.45, 7) is 9.09. The smallest absolute Gasteiger partial charge is 0.242 e. The van der Waals surface area contributed by atoms with E-state index < -0.39 is 6.04 Å². The minimum absolute atomic E-state index is 0.0618.